The van der Waals surface area contributed by atoms with E-state index in [0.717, 1.165) is 38.5 Å². The molecule has 0 bridgehead atoms. The Balaban J connectivity index is 2.15. The number of hydrogen-bond acceptors (Lipinski definition) is 4. The van der Waals surface area contributed by atoms with E-state index in [2.05, 4.69) is 12.0 Å². The Kier molecular flexibility index (Phi) is 5.46. The summed E-state index contributed by atoms with van der Waals surface area (Å²) in [6, 6.07) is 0.288. The van der Waals surface area contributed by atoms with E-state index >= 15 is 0 Å². The summed E-state index contributed by atoms with van der Waals surface area (Å²) >= 11 is 0. The summed E-state index contributed by atoms with van der Waals surface area (Å²) in [6.07, 6.45) is 7.95. The summed E-state index contributed by atoms with van der Waals surface area (Å²) in [6.45, 7) is 2.88. The maximum atomic E-state index is 11.6. The largest absolute Gasteiger partial charge is 0.375 e. The zero-order chi connectivity index (χ0) is 14.6. The molecule has 0 N–H and O–H groups in total. The molecule has 5 nitrogen and oxygen atoms in total. The smallest absolute Gasteiger partial charge is 0.264 e. The van der Waals surface area contributed by atoms with Crippen LogP contribution in [0.3, 0.4) is 0 Å². The van der Waals surface area contributed by atoms with Gasteiger partial charge in [-0.15, -0.1) is 0 Å². The van der Waals surface area contributed by atoms with Crippen LogP contribution in [0.1, 0.15) is 57.2 Å². The van der Waals surface area contributed by atoms with E-state index in [-0.39, 0.29) is 17.5 Å². The topological polar surface area (TPSA) is 61.2 Å². The van der Waals surface area contributed by atoms with Gasteiger partial charge in [0.05, 0.1) is 12.6 Å². The third kappa shape index (κ3) is 3.96. The Morgan fingerprint density at radius 2 is 2.15 bits per heavy atom. The molecule has 0 atom stereocenters. The van der Waals surface area contributed by atoms with E-state index in [1.165, 1.54) is 0 Å². The highest BCUT2D eigenvalue weighted by Gasteiger charge is 2.24. The summed E-state index contributed by atoms with van der Waals surface area (Å²) < 4.78 is 30.5. The van der Waals surface area contributed by atoms with E-state index in [1.807, 2.05) is 0 Å². The van der Waals surface area contributed by atoms with Gasteiger partial charge in [0.25, 0.3) is 9.05 Å². The van der Waals surface area contributed by atoms with Crippen LogP contribution >= 0.6 is 10.7 Å². The molecule has 0 spiro atoms. The van der Waals surface area contributed by atoms with Crippen LogP contribution in [-0.2, 0) is 20.4 Å². The molecule has 1 fully saturated rings. The van der Waals surface area contributed by atoms with Crippen LogP contribution in [0, 0.1) is 0 Å². The second kappa shape index (κ2) is 6.91. The van der Waals surface area contributed by atoms with Crippen molar-refractivity contribution < 1.29 is 13.2 Å². The first-order valence-corrected chi connectivity index (χ1v) is 9.43. The van der Waals surface area contributed by atoms with Crippen LogP contribution < -0.4 is 0 Å². The monoisotopic (exact) mass is 320 g/mol. The van der Waals surface area contributed by atoms with E-state index in [1.54, 1.807) is 10.9 Å². The second-order valence-electron chi connectivity index (χ2n) is 5.20. The number of halogens is 1. The minimum absolute atomic E-state index is 0.0857. The molecule has 0 aliphatic heterocycles. The summed E-state index contributed by atoms with van der Waals surface area (Å²) in [7, 11) is 1.71. The minimum atomic E-state index is -3.78. The van der Waals surface area contributed by atoms with Gasteiger partial charge in [0.15, 0.2) is 0 Å². The predicted molar refractivity (Wildman–Crippen MR) is 77.3 cm³/mol. The first-order chi connectivity index (χ1) is 9.52. The van der Waals surface area contributed by atoms with Gasteiger partial charge in [-0.1, -0.05) is 26.2 Å². The number of aromatic nitrogens is 2. The van der Waals surface area contributed by atoms with Crippen LogP contribution in [0.4, 0.5) is 0 Å². The standard InChI is InChI=1S/C13H21ClN2O3S/c1-2-3-8-19-10-12-13(20(14,17)18)9-16(15-12)11-6-4-5-7-11/h9,11H,2-8,10H2,1H3. The highest BCUT2D eigenvalue weighted by molar-refractivity contribution is 8.13. The summed E-state index contributed by atoms with van der Waals surface area (Å²) in [4.78, 5) is 0.0857. The number of hydrogen-bond donors (Lipinski definition) is 0. The minimum Gasteiger partial charge on any atom is -0.375 e. The molecule has 0 saturated heterocycles. The normalized spacial score (nSPS) is 16.9. The summed E-state index contributed by atoms with van der Waals surface area (Å²) in [5.74, 6) is 0. The Morgan fingerprint density at radius 1 is 1.45 bits per heavy atom. The van der Waals surface area contributed by atoms with Gasteiger partial charge in [0, 0.05) is 23.5 Å². The molecule has 7 heteroatoms. The van der Waals surface area contributed by atoms with Gasteiger partial charge < -0.3 is 4.74 Å². The number of nitrogens with zero attached hydrogens (tertiary/aromatic N) is 2. The molecule has 0 aromatic carbocycles. The fourth-order valence-electron chi connectivity index (χ4n) is 2.49. The zero-order valence-corrected chi connectivity index (χ0v) is 13.3. The lowest BCUT2D eigenvalue weighted by Gasteiger charge is -2.08. The van der Waals surface area contributed by atoms with Gasteiger partial charge in [0.2, 0.25) is 0 Å². The Morgan fingerprint density at radius 3 is 2.75 bits per heavy atom. The molecule has 114 valence electrons. The quantitative estimate of drug-likeness (QED) is 0.571. The molecule has 2 rings (SSSR count). The highest BCUT2D eigenvalue weighted by atomic mass is 35.7. The van der Waals surface area contributed by atoms with Crippen LogP contribution in [0.25, 0.3) is 0 Å². The molecule has 1 saturated carbocycles. The van der Waals surface area contributed by atoms with Crippen molar-refractivity contribution >= 4 is 19.7 Å². The second-order valence-corrected chi connectivity index (χ2v) is 7.74. The molecule has 1 aromatic rings. The first-order valence-electron chi connectivity index (χ1n) is 7.12. The SMILES string of the molecule is CCCCOCc1nn(C2CCCC2)cc1S(=O)(=O)Cl. The van der Waals surface area contributed by atoms with Gasteiger partial charge in [0.1, 0.15) is 10.6 Å². The average Bonchev–Trinajstić information content (AvgIpc) is 3.02. The van der Waals surface area contributed by atoms with Crippen molar-refractivity contribution in [3.63, 3.8) is 0 Å². The van der Waals surface area contributed by atoms with Gasteiger partial charge in [-0.05, 0) is 19.3 Å². The molecule has 0 unspecified atom stereocenters. The first kappa shape index (κ1) is 15.8. The molecule has 1 aromatic heterocycles. The van der Waals surface area contributed by atoms with Gasteiger partial charge in [-0.2, -0.15) is 5.10 Å². The van der Waals surface area contributed by atoms with Crippen LogP contribution in [0.5, 0.6) is 0 Å². The number of unbranched alkanes of at least 4 members (excludes halogenated alkanes) is 1. The lowest BCUT2D eigenvalue weighted by atomic mass is 10.3. The highest BCUT2D eigenvalue weighted by Crippen LogP contribution is 2.31. The average molecular weight is 321 g/mol. The zero-order valence-electron chi connectivity index (χ0n) is 11.7. The van der Waals surface area contributed by atoms with E-state index < -0.39 is 9.05 Å². The molecular weight excluding hydrogens is 300 g/mol. The van der Waals surface area contributed by atoms with Crippen molar-refractivity contribution in [2.24, 2.45) is 0 Å². The van der Waals surface area contributed by atoms with Crippen LogP contribution in [0.15, 0.2) is 11.1 Å². The number of rotatable bonds is 7. The molecule has 1 aliphatic rings. The lowest BCUT2D eigenvalue weighted by Crippen LogP contribution is -2.06. The predicted octanol–water partition coefficient (Wildman–Crippen LogP) is 3.24. The van der Waals surface area contributed by atoms with Crippen molar-refractivity contribution in [3.05, 3.63) is 11.9 Å². The summed E-state index contributed by atoms with van der Waals surface area (Å²) in [5, 5.41) is 4.38. The van der Waals surface area contributed by atoms with Crippen molar-refractivity contribution in [2.75, 3.05) is 6.61 Å². The van der Waals surface area contributed by atoms with Crippen molar-refractivity contribution in [2.45, 2.75) is 63.0 Å². The van der Waals surface area contributed by atoms with Gasteiger partial charge in [-0.3, -0.25) is 4.68 Å². The van der Waals surface area contributed by atoms with E-state index in [4.69, 9.17) is 15.4 Å². The van der Waals surface area contributed by atoms with Crippen LogP contribution in [-0.4, -0.2) is 24.8 Å². The van der Waals surface area contributed by atoms with E-state index in [0.29, 0.717) is 12.3 Å². The Labute approximate surface area is 124 Å². The van der Waals surface area contributed by atoms with E-state index in [9.17, 15) is 8.42 Å². The van der Waals surface area contributed by atoms with Crippen molar-refractivity contribution in [3.8, 4) is 0 Å². The van der Waals surface area contributed by atoms with Gasteiger partial charge >= 0.3 is 0 Å². The fraction of sp³-hybridized carbons (Fsp3) is 0.769. The molecule has 0 amide bonds. The third-order valence-corrected chi connectivity index (χ3v) is 4.98. The fourth-order valence-corrected chi connectivity index (χ4v) is 3.49. The lowest BCUT2D eigenvalue weighted by molar-refractivity contribution is 0.113. The Hall–Kier alpha value is -0.590. The van der Waals surface area contributed by atoms with Gasteiger partial charge in [-0.25, -0.2) is 8.42 Å². The number of ether oxygens (including phenoxy) is 1. The van der Waals surface area contributed by atoms with Crippen LogP contribution in [0.2, 0.25) is 0 Å². The maximum Gasteiger partial charge on any atom is 0.264 e. The van der Waals surface area contributed by atoms with Crippen molar-refractivity contribution in [1.82, 2.24) is 9.78 Å². The summed E-state index contributed by atoms with van der Waals surface area (Å²) in [5.41, 5.74) is 0.419. The van der Waals surface area contributed by atoms with Crippen molar-refractivity contribution in [1.29, 1.82) is 0 Å². The molecular formula is C13H21ClN2O3S. The Bertz CT molecular complexity index is 536. The molecule has 1 aliphatic carbocycles. The molecule has 20 heavy (non-hydrogen) atoms. The third-order valence-electron chi connectivity index (χ3n) is 3.61. The maximum absolute atomic E-state index is 11.6. The molecule has 0 radical (unpaired) electrons. The molecule has 1 heterocycles.